The summed E-state index contributed by atoms with van der Waals surface area (Å²) < 4.78 is 0. The normalized spacial score (nSPS) is 10.1. The minimum atomic E-state index is -2.97. The Kier molecular flexibility index (Phi) is 17.6. The van der Waals surface area contributed by atoms with Gasteiger partial charge in [-0.25, -0.2) is 4.79 Å². The summed E-state index contributed by atoms with van der Waals surface area (Å²) >= 11 is 0. The zero-order valence-corrected chi connectivity index (χ0v) is 17.9. The van der Waals surface area contributed by atoms with Crippen molar-refractivity contribution >= 4 is 58.9 Å². The molecule has 0 radical (unpaired) electrons. The topological polar surface area (TPSA) is 273 Å². The molecule has 0 saturated carbocycles. The molecule has 14 nitrogen and oxygen atoms in total. The second kappa shape index (κ2) is 14.5. The zero-order valence-electron chi connectivity index (χ0n) is 14.4. The molecule has 5 N–H and O–H groups in total. The second-order valence-electron chi connectivity index (χ2n) is 4.89. The number of rotatable bonds is 10. The van der Waals surface area contributed by atoms with Crippen LogP contribution in [0.15, 0.2) is 0 Å². The maximum Gasteiger partial charge on any atom is 2.00 e. The summed E-state index contributed by atoms with van der Waals surface area (Å²) in [6.07, 6.45) is -5.00. The zero-order chi connectivity index (χ0) is 21.3. The molecule has 0 aromatic heterocycles. The molecule has 0 unspecified atom stereocenters. The summed E-state index contributed by atoms with van der Waals surface area (Å²) in [6.45, 7) is 0. The van der Waals surface area contributed by atoms with Crippen LogP contribution in [0.2, 0.25) is 0 Å². The van der Waals surface area contributed by atoms with E-state index in [1.807, 2.05) is 0 Å². The van der Waals surface area contributed by atoms with E-state index in [1.165, 1.54) is 0 Å². The van der Waals surface area contributed by atoms with Gasteiger partial charge in [0.05, 0.1) is 18.8 Å². The molecule has 0 fully saturated rings. The SMILES string of the molecule is O=C(O)CC(O)(CC(=O)O)C(=O)O.O=C([O-])CC(O)(CC(=O)[O-])C(=O)[O-].[Mg+2].[Na+]. The number of carbonyl (C=O) groups excluding carboxylic acids is 3. The van der Waals surface area contributed by atoms with Gasteiger partial charge in [-0.05, 0) is 0 Å². The molecule has 0 amide bonds. The van der Waals surface area contributed by atoms with Crippen molar-refractivity contribution in [2.24, 2.45) is 0 Å². The van der Waals surface area contributed by atoms with Crippen molar-refractivity contribution in [1.29, 1.82) is 0 Å². The smallest absolute Gasteiger partial charge is 0.550 e. The van der Waals surface area contributed by atoms with Gasteiger partial charge in [-0.1, -0.05) is 0 Å². The molecule has 0 spiro atoms. The number of hydrogen-bond donors (Lipinski definition) is 5. The predicted molar refractivity (Wildman–Crippen MR) is 72.1 cm³/mol. The molecule has 0 aliphatic carbocycles. The number of carboxylic acids is 6. The van der Waals surface area contributed by atoms with Gasteiger partial charge >= 0.3 is 70.5 Å². The van der Waals surface area contributed by atoms with Crippen molar-refractivity contribution in [3.8, 4) is 0 Å². The van der Waals surface area contributed by atoms with Gasteiger partial charge in [0.1, 0.15) is 5.60 Å². The van der Waals surface area contributed by atoms with E-state index >= 15 is 0 Å². The Hall–Kier alpha value is -1.49. The Morgan fingerprint density at radius 1 is 0.643 bits per heavy atom. The van der Waals surface area contributed by atoms with Crippen LogP contribution in [0.1, 0.15) is 25.7 Å². The Morgan fingerprint density at radius 2 is 0.929 bits per heavy atom. The van der Waals surface area contributed by atoms with Crippen LogP contribution in [0, 0.1) is 0 Å². The number of carbonyl (C=O) groups is 6. The van der Waals surface area contributed by atoms with Gasteiger partial charge in [0.25, 0.3) is 0 Å². The van der Waals surface area contributed by atoms with Gasteiger partial charge < -0.3 is 55.2 Å². The van der Waals surface area contributed by atoms with E-state index in [0.29, 0.717) is 0 Å². The molecule has 0 bridgehead atoms. The molecule has 0 aliphatic rings. The van der Waals surface area contributed by atoms with Crippen LogP contribution < -0.4 is 44.9 Å². The Labute approximate surface area is 194 Å². The second-order valence-corrected chi connectivity index (χ2v) is 4.89. The molecule has 0 atom stereocenters. The van der Waals surface area contributed by atoms with Gasteiger partial charge in [0.2, 0.25) is 0 Å². The third kappa shape index (κ3) is 14.6. The standard InChI is InChI=1S/2C6H8O7.Mg.Na/c2*7-3(8)1-6(13,5(11)12)2-4(9)10;;/h2*13H,1-2H2,(H,7,8)(H,9,10)(H,11,12);;/q;;+2;+1/p-3. The van der Waals surface area contributed by atoms with Gasteiger partial charge in [-0.3, -0.25) is 9.59 Å². The number of hydrogen-bond acceptors (Lipinski definition) is 11. The number of aliphatic hydroxyl groups is 2. The third-order valence-electron chi connectivity index (χ3n) is 2.54. The van der Waals surface area contributed by atoms with Gasteiger partial charge in [-0.2, -0.15) is 0 Å². The van der Waals surface area contributed by atoms with E-state index in [9.17, 15) is 44.1 Å². The summed E-state index contributed by atoms with van der Waals surface area (Å²) in [4.78, 5) is 60.5. The van der Waals surface area contributed by atoms with Gasteiger partial charge in [-0.15, -0.1) is 0 Å². The summed E-state index contributed by atoms with van der Waals surface area (Å²) in [6, 6.07) is 0. The fourth-order valence-electron chi connectivity index (χ4n) is 1.40. The summed E-state index contributed by atoms with van der Waals surface area (Å²) in [5.74, 6) is -11.0. The van der Waals surface area contributed by atoms with Crippen LogP contribution in [0.25, 0.3) is 0 Å². The Balaban J connectivity index is -0.000000192. The van der Waals surface area contributed by atoms with Crippen molar-refractivity contribution in [2.75, 3.05) is 0 Å². The van der Waals surface area contributed by atoms with Crippen molar-refractivity contribution < 1.29 is 99.2 Å². The quantitative estimate of drug-likeness (QED) is 0.202. The molecule has 0 heterocycles. The van der Waals surface area contributed by atoms with Crippen molar-refractivity contribution in [1.82, 2.24) is 0 Å². The van der Waals surface area contributed by atoms with E-state index in [-0.39, 0.29) is 52.6 Å². The van der Waals surface area contributed by atoms with E-state index in [2.05, 4.69) is 0 Å². The van der Waals surface area contributed by atoms with Crippen LogP contribution >= 0.6 is 0 Å². The first-order valence-corrected chi connectivity index (χ1v) is 6.28. The van der Waals surface area contributed by atoms with Crippen molar-refractivity contribution in [3.63, 3.8) is 0 Å². The first kappa shape index (κ1) is 34.0. The average Bonchev–Trinajstić information content (AvgIpc) is 2.34. The summed E-state index contributed by atoms with van der Waals surface area (Å²) in [7, 11) is 0. The summed E-state index contributed by atoms with van der Waals surface area (Å²) in [5, 5.41) is 72.7. The molecule has 0 rings (SSSR count). The predicted octanol–water partition coefficient (Wildman–Crippen LogP) is -9.88. The van der Waals surface area contributed by atoms with Crippen LogP contribution in [0.4, 0.5) is 0 Å². The minimum Gasteiger partial charge on any atom is -0.550 e. The number of carboxylic acid groups (broad SMARTS) is 6. The van der Waals surface area contributed by atoms with Gasteiger partial charge in [0.15, 0.2) is 5.60 Å². The molecule has 0 aromatic carbocycles. The van der Waals surface area contributed by atoms with E-state index < -0.39 is 72.7 Å². The maximum absolute atomic E-state index is 10.3. The summed E-state index contributed by atoms with van der Waals surface area (Å²) in [5.41, 5.74) is -5.71. The molecule has 148 valence electrons. The monoisotopic (exact) mass is 428 g/mol. The average molecular weight is 429 g/mol. The van der Waals surface area contributed by atoms with Crippen molar-refractivity contribution in [3.05, 3.63) is 0 Å². The van der Waals surface area contributed by atoms with Crippen LogP contribution in [0.5, 0.6) is 0 Å². The molecule has 16 heteroatoms. The number of aliphatic carboxylic acids is 6. The minimum absolute atomic E-state index is 0. The molecular formula is C12H13MgNaO14. The molecule has 28 heavy (non-hydrogen) atoms. The molecular weight excluding hydrogens is 415 g/mol. The fourth-order valence-corrected chi connectivity index (χ4v) is 1.40. The van der Waals surface area contributed by atoms with E-state index in [0.717, 1.165) is 0 Å². The molecule has 0 aromatic rings. The van der Waals surface area contributed by atoms with Crippen LogP contribution in [-0.4, -0.2) is 95.6 Å². The fraction of sp³-hybridized carbons (Fsp3) is 0.500. The first-order chi connectivity index (χ1) is 11.6. The third-order valence-corrected chi connectivity index (χ3v) is 2.54. The Morgan fingerprint density at radius 3 is 1.07 bits per heavy atom. The van der Waals surface area contributed by atoms with Crippen LogP contribution in [-0.2, 0) is 28.8 Å². The van der Waals surface area contributed by atoms with Crippen LogP contribution in [0.3, 0.4) is 0 Å². The molecule has 0 saturated heterocycles. The molecule has 0 aliphatic heterocycles. The Bertz CT molecular complexity index is 519. The maximum atomic E-state index is 10.3. The van der Waals surface area contributed by atoms with E-state index in [1.54, 1.807) is 0 Å². The van der Waals surface area contributed by atoms with E-state index in [4.69, 9.17) is 25.5 Å². The van der Waals surface area contributed by atoms with Crippen molar-refractivity contribution in [2.45, 2.75) is 36.9 Å². The first-order valence-electron chi connectivity index (χ1n) is 6.28. The van der Waals surface area contributed by atoms with Gasteiger partial charge in [0, 0.05) is 24.8 Å². The largest absolute Gasteiger partial charge is 2.00 e.